The smallest absolute Gasteiger partial charge is 0.364 e. The Morgan fingerprint density at radius 1 is 1.33 bits per heavy atom. The number of hydrogen-bond donors (Lipinski definition) is 2. The highest BCUT2D eigenvalue weighted by atomic mass is 28.4. The largest absolute Gasteiger partial charge is 0.393 e. The average molecular weight is 235 g/mol. The fourth-order valence-corrected chi connectivity index (χ4v) is 3.53. The highest BCUT2D eigenvalue weighted by Gasteiger charge is 2.38. The van der Waals surface area contributed by atoms with Crippen molar-refractivity contribution in [1.82, 2.24) is 0 Å². The van der Waals surface area contributed by atoms with E-state index < -0.39 is 14.3 Å². The third-order valence-corrected chi connectivity index (χ3v) is 5.20. The molecule has 0 aromatic carbocycles. The Morgan fingerprint density at radius 2 is 1.67 bits per heavy atom. The lowest BCUT2D eigenvalue weighted by molar-refractivity contribution is 0.114. The van der Waals surface area contributed by atoms with Gasteiger partial charge in [-0.2, -0.15) is 0 Å². The number of nitrogens with one attached hydrogen (secondary N) is 1. The van der Waals surface area contributed by atoms with Crippen LogP contribution in [0.3, 0.4) is 0 Å². The average Bonchev–Trinajstić information content (AvgIpc) is 2.18. The summed E-state index contributed by atoms with van der Waals surface area (Å²) in [7, 11) is -2.30. The summed E-state index contributed by atoms with van der Waals surface area (Å²) < 4.78 is 11.0. The van der Waals surface area contributed by atoms with Crippen LogP contribution >= 0.6 is 0 Å². The molecule has 0 spiro atoms. The number of aliphatic hydroxyl groups excluding tert-OH is 1. The normalized spacial score (nSPS) is 12.3. The van der Waals surface area contributed by atoms with Crippen LogP contribution in [0.4, 0.5) is 0 Å². The van der Waals surface area contributed by atoms with E-state index in [0.29, 0.717) is 19.6 Å². The molecule has 0 saturated carbocycles. The zero-order chi connectivity index (χ0) is 12.3. The molecule has 0 aromatic heterocycles. The summed E-state index contributed by atoms with van der Waals surface area (Å²) in [6, 6.07) is 0. The predicted octanol–water partition coefficient (Wildman–Crippen LogP) is 1.34. The second kappa shape index (κ2) is 10.0. The third-order valence-electron chi connectivity index (χ3n) is 1.85. The molecule has 1 unspecified atom stereocenters. The summed E-state index contributed by atoms with van der Waals surface area (Å²) in [5.41, 5.74) is -0.419. The Balaban J connectivity index is 0. The van der Waals surface area contributed by atoms with Gasteiger partial charge in [0.15, 0.2) is 0 Å². The summed E-state index contributed by atoms with van der Waals surface area (Å²) >= 11 is 0. The Morgan fingerprint density at radius 3 is 1.87 bits per heavy atom. The van der Waals surface area contributed by atoms with Crippen molar-refractivity contribution >= 4 is 14.6 Å². The van der Waals surface area contributed by atoms with Gasteiger partial charge in [0.1, 0.15) is 0 Å². The van der Waals surface area contributed by atoms with Crippen LogP contribution in [0.15, 0.2) is 0 Å². The van der Waals surface area contributed by atoms with Crippen molar-refractivity contribution in [3.63, 3.8) is 0 Å². The Labute approximate surface area is 92.2 Å². The second-order valence-corrected chi connectivity index (χ2v) is 6.18. The molecule has 5 nitrogen and oxygen atoms in total. The molecule has 90 valence electrons. The van der Waals surface area contributed by atoms with Gasteiger partial charge in [-0.1, -0.05) is 6.92 Å². The van der Waals surface area contributed by atoms with Gasteiger partial charge in [-0.3, -0.25) is 0 Å². The minimum atomic E-state index is -2.30. The molecule has 0 radical (unpaired) electrons. The van der Waals surface area contributed by atoms with Crippen LogP contribution in [0.2, 0.25) is 6.55 Å². The molecule has 1 atom stereocenters. The topological polar surface area (TPSA) is 79.6 Å². The fraction of sp³-hybridized carbons (Fsp3) is 0.889. The molecule has 0 aliphatic carbocycles. The maximum Gasteiger partial charge on any atom is 0.364 e. The van der Waals surface area contributed by atoms with Crippen molar-refractivity contribution in [1.29, 1.82) is 5.41 Å². The van der Waals surface area contributed by atoms with E-state index in [2.05, 4.69) is 0 Å². The highest BCUT2D eigenvalue weighted by molar-refractivity contribution is 6.67. The standard InChI is InChI=1S/C8H20O3Si.CHNO/c1-5-8(9)12(4,10-6-2)11-7-3;2-1-3/h8-9H,5-7H2,1-4H3;2H. The fourth-order valence-electron chi connectivity index (χ4n) is 1.18. The molecule has 0 bridgehead atoms. The van der Waals surface area contributed by atoms with E-state index in [1.165, 1.54) is 0 Å². The minimum absolute atomic E-state index is 0.419. The van der Waals surface area contributed by atoms with Crippen molar-refractivity contribution in [3.8, 4) is 0 Å². The van der Waals surface area contributed by atoms with Crippen molar-refractivity contribution in [2.75, 3.05) is 13.2 Å². The molecule has 0 heterocycles. The first-order valence-electron chi connectivity index (χ1n) is 5.02. The molecular formula is C9H21NO4Si. The summed E-state index contributed by atoms with van der Waals surface area (Å²) in [6.45, 7) is 8.92. The van der Waals surface area contributed by atoms with E-state index >= 15 is 0 Å². The maximum atomic E-state index is 9.65. The van der Waals surface area contributed by atoms with Crippen LogP contribution in [0.1, 0.15) is 27.2 Å². The van der Waals surface area contributed by atoms with Gasteiger partial charge in [0.25, 0.3) is 0 Å². The van der Waals surface area contributed by atoms with Crippen LogP contribution in [-0.4, -0.2) is 38.7 Å². The first-order valence-corrected chi connectivity index (χ1v) is 7.41. The highest BCUT2D eigenvalue weighted by Crippen LogP contribution is 2.14. The lowest BCUT2D eigenvalue weighted by Crippen LogP contribution is -2.50. The van der Waals surface area contributed by atoms with Gasteiger partial charge in [-0.15, -0.1) is 0 Å². The quantitative estimate of drug-likeness (QED) is 0.413. The molecule has 0 fully saturated rings. The van der Waals surface area contributed by atoms with Gasteiger partial charge in [0.2, 0.25) is 6.08 Å². The van der Waals surface area contributed by atoms with Crippen LogP contribution in [0.25, 0.3) is 0 Å². The summed E-state index contributed by atoms with van der Waals surface area (Å²) in [5, 5.41) is 15.1. The van der Waals surface area contributed by atoms with E-state index in [0.717, 1.165) is 6.08 Å². The zero-order valence-electron chi connectivity index (χ0n) is 9.87. The van der Waals surface area contributed by atoms with Gasteiger partial charge < -0.3 is 14.0 Å². The first kappa shape index (κ1) is 16.9. The number of isocyanates is 1. The van der Waals surface area contributed by atoms with Crippen molar-refractivity contribution in [3.05, 3.63) is 0 Å². The minimum Gasteiger partial charge on any atom is -0.393 e. The molecular weight excluding hydrogens is 214 g/mol. The van der Waals surface area contributed by atoms with Gasteiger partial charge >= 0.3 is 8.56 Å². The van der Waals surface area contributed by atoms with Crippen LogP contribution in [0.5, 0.6) is 0 Å². The van der Waals surface area contributed by atoms with Gasteiger partial charge in [-0.25, -0.2) is 10.2 Å². The molecule has 2 N–H and O–H groups in total. The zero-order valence-corrected chi connectivity index (χ0v) is 10.9. The number of aliphatic hydroxyl groups is 1. The number of carbonyl (C=O) groups excluding carboxylic acids is 1. The number of rotatable bonds is 6. The molecule has 0 aliphatic rings. The maximum absolute atomic E-state index is 9.65. The predicted molar refractivity (Wildman–Crippen MR) is 59.6 cm³/mol. The SMILES string of the molecule is CCO[Si](C)(OCC)C(O)CC.N=C=O. The van der Waals surface area contributed by atoms with Gasteiger partial charge in [-0.05, 0) is 26.8 Å². The summed E-state index contributed by atoms with van der Waals surface area (Å²) in [5.74, 6) is 0. The molecule has 0 amide bonds. The third kappa shape index (κ3) is 7.41. The van der Waals surface area contributed by atoms with Crippen molar-refractivity contribution in [2.45, 2.75) is 39.5 Å². The van der Waals surface area contributed by atoms with Crippen LogP contribution < -0.4 is 0 Å². The van der Waals surface area contributed by atoms with Crippen molar-refractivity contribution in [2.24, 2.45) is 0 Å². The molecule has 0 saturated heterocycles. The molecule has 6 heteroatoms. The van der Waals surface area contributed by atoms with Gasteiger partial charge in [0.05, 0.1) is 5.73 Å². The molecule has 15 heavy (non-hydrogen) atoms. The monoisotopic (exact) mass is 235 g/mol. The lowest BCUT2D eigenvalue weighted by atomic mass is 10.5. The Kier molecular flexibility index (Phi) is 11.3. The first-order chi connectivity index (χ1) is 7.02. The molecule has 0 aromatic rings. The summed E-state index contributed by atoms with van der Waals surface area (Å²) in [6.07, 6.45) is 1.45. The lowest BCUT2D eigenvalue weighted by Gasteiger charge is -2.29. The van der Waals surface area contributed by atoms with E-state index in [9.17, 15) is 5.11 Å². The van der Waals surface area contributed by atoms with E-state index in [4.69, 9.17) is 19.1 Å². The van der Waals surface area contributed by atoms with E-state index in [-0.39, 0.29) is 0 Å². The Hall–Kier alpha value is -0.523. The molecule has 0 aliphatic heterocycles. The molecule has 0 rings (SSSR count). The van der Waals surface area contributed by atoms with Crippen LogP contribution in [0, 0.1) is 5.41 Å². The summed E-state index contributed by atoms with van der Waals surface area (Å²) in [4.78, 5) is 8.35. The van der Waals surface area contributed by atoms with E-state index in [1.807, 2.05) is 27.3 Å². The van der Waals surface area contributed by atoms with Crippen molar-refractivity contribution < 1.29 is 18.8 Å². The second-order valence-electron chi connectivity index (χ2n) is 2.91. The van der Waals surface area contributed by atoms with Crippen LogP contribution in [-0.2, 0) is 13.6 Å². The number of hydrogen-bond acceptors (Lipinski definition) is 5. The van der Waals surface area contributed by atoms with E-state index in [1.54, 1.807) is 0 Å². The van der Waals surface area contributed by atoms with Gasteiger partial charge in [0, 0.05) is 13.2 Å². The Bertz CT molecular complexity index is 177.